The maximum absolute atomic E-state index is 13.1. The van der Waals surface area contributed by atoms with Crippen molar-refractivity contribution in [1.29, 1.82) is 0 Å². The summed E-state index contributed by atoms with van der Waals surface area (Å²) in [6, 6.07) is 16.1. The lowest BCUT2D eigenvalue weighted by atomic mass is 9.72. The van der Waals surface area contributed by atoms with Gasteiger partial charge in [0.25, 0.3) is 0 Å². The molecule has 1 heterocycles. The number of carbonyl (C=O) groups is 3. The third-order valence-electron chi connectivity index (χ3n) is 5.29. The van der Waals surface area contributed by atoms with Crippen LogP contribution in [-0.4, -0.2) is 42.3 Å². The average Bonchev–Trinajstić information content (AvgIpc) is 2.72. The van der Waals surface area contributed by atoms with Gasteiger partial charge in [0.2, 0.25) is 11.7 Å². The Morgan fingerprint density at radius 1 is 1.00 bits per heavy atom. The first kappa shape index (κ1) is 20.1. The Labute approximate surface area is 169 Å². The smallest absolute Gasteiger partial charge is 0.317 e. The van der Waals surface area contributed by atoms with Gasteiger partial charge in [0.05, 0.1) is 10.4 Å². The molecule has 0 saturated carbocycles. The summed E-state index contributed by atoms with van der Waals surface area (Å²) in [5.41, 5.74) is 0.305. The van der Waals surface area contributed by atoms with Crippen LogP contribution in [0.3, 0.4) is 0 Å². The average molecular weight is 400 g/mol. The molecule has 3 rings (SSSR count). The zero-order chi connectivity index (χ0) is 20.1. The number of hydrogen-bond donors (Lipinski definition) is 0. The molecule has 2 aromatic carbocycles. The summed E-state index contributed by atoms with van der Waals surface area (Å²) in [5.74, 6) is -0.797. The van der Waals surface area contributed by atoms with Gasteiger partial charge >= 0.3 is 5.97 Å². The van der Waals surface area contributed by atoms with Crippen LogP contribution in [0.15, 0.2) is 54.6 Å². The third kappa shape index (κ3) is 4.09. The Balaban J connectivity index is 1.77. The van der Waals surface area contributed by atoms with Crippen LogP contribution in [0.1, 0.15) is 35.7 Å². The van der Waals surface area contributed by atoms with E-state index in [2.05, 4.69) is 0 Å². The zero-order valence-corrected chi connectivity index (χ0v) is 16.4. The summed E-state index contributed by atoms with van der Waals surface area (Å²) in [7, 11) is 0. The number of ether oxygens (including phenoxy) is 1. The minimum atomic E-state index is -0.867. The highest BCUT2D eigenvalue weighted by atomic mass is 35.5. The van der Waals surface area contributed by atoms with Crippen LogP contribution in [0.2, 0.25) is 5.02 Å². The Morgan fingerprint density at radius 3 is 2.21 bits per heavy atom. The summed E-state index contributed by atoms with van der Waals surface area (Å²) >= 11 is 6.05. The highest BCUT2D eigenvalue weighted by Crippen LogP contribution is 2.37. The first-order valence-electron chi connectivity index (χ1n) is 9.20. The van der Waals surface area contributed by atoms with E-state index in [1.165, 1.54) is 6.92 Å². The van der Waals surface area contributed by atoms with E-state index in [-0.39, 0.29) is 18.3 Å². The molecule has 0 spiro atoms. The summed E-state index contributed by atoms with van der Waals surface area (Å²) < 4.78 is 5.46. The molecule has 1 fully saturated rings. The molecule has 0 radical (unpaired) electrons. The van der Waals surface area contributed by atoms with Crippen molar-refractivity contribution in [3.63, 3.8) is 0 Å². The largest absolute Gasteiger partial charge is 0.457 e. The topological polar surface area (TPSA) is 63.7 Å². The van der Waals surface area contributed by atoms with Gasteiger partial charge in [-0.15, -0.1) is 0 Å². The third-order valence-corrected chi connectivity index (χ3v) is 5.62. The van der Waals surface area contributed by atoms with E-state index >= 15 is 0 Å². The van der Waals surface area contributed by atoms with Crippen molar-refractivity contribution in [1.82, 2.24) is 4.90 Å². The minimum absolute atomic E-state index is 0.0103. The fraction of sp³-hybridized carbons (Fsp3) is 0.318. The van der Waals surface area contributed by atoms with Crippen LogP contribution in [0.5, 0.6) is 0 Å². The van der Waals surface area contributed by atoms with E-state index in [1.54, 1.807) is 29.2 Å². The van der Waals surface area contributed by atoms with Crippen LogP contribution in [0.4, 0.5) is 0 Å². The van der Waals surface area contributed by atoms with Crippen molar-refractivity contribution in [2.45, 2.75) is 25.2 Å². The number of ketones is 1. The summed E-state index contributed by atoms with van der Waals surface area (Å²) in [5, 5.41) is 0.330. The fourth-order valence-electron chi connectivity index (χ4n) is 3.61. The first-order chi connectivity index (χ1) is 13.4. The molecule has 0 aliphatic carbocycles. The zero-order valence-electron chi connectivity index (χ0n) is 15.7. The lowest BCUT2D eigenvalue weighted by Gasteiger charge is -2.40. The Hall–Kier alpha value is -2.66. The van der Waals surface area contributed by atoms with Crippen LogP contribution in [0, 0.1) is 0 Å². The number of amides is 1. The second-order valence-corrected chi connectivity index (χ2v) is 7.34. The van der Waals surface area contributed by atoms with Crippen LogP contribution in [0.25, 0.3) is 0 Å². The van der Waals surface area contributed by atoms with E-state index in [0.29, 0.717) is 36.5 Å². The molecule has 1 aliphatic rings. The maximum Gasteiger partial charge on any atom is 0.317 e. The van der Waals surface area contributed by atoms with Crippen LogP contribution < -0.4 is 0 Å². The molecular weight excluding hydrogens is 378 g/mol. The lowest BCUT2D eigenvalue weighted by molar-refractivity contribution is -0.153. The molecule has 0 bridgehead atoms. The number of hydrogen-bond acceptors (Lipinski definition) is 4. The summed E-state index contributed by atoms with van der Waals surface area (Å²) in [4.78, 5) is 38.9. The van der Waals surface area contributed by atoms with Gasteiger partial charge in [0.1, 0.15) is 0 Å². The highest BCUT2D eigenvalue weighted by molar-refractivity contribution is 6.34. The van der Waals surface area contributed by atoms with Gasteiger partial charge in [0.15, 0.2) is 6.61 Å². The normalized spacial score (nSPS) is 15.7. The molecule has 0 unspecified atom stereocenters. The molecule has 0 N–H and O–H groups in total. The Bertz CT molecular complexity index is 873. The van der Waals surface area contributed by atoms with Gasteiger partial charge in [-0.1, -0.05) is 54.1 Å². The fourth-order valence-corrected chi connectivity index (χ4v) is 3.85. The number of esters is 1. The van der Waals surface area contributed by atoms with E-state index in [1.807, 2.05) is 30.3 Å². The van der Waals surface area contributed by atoms with Crippen LogP contribution in [-0.2, 0) is 19.7 Å². The number of rotatable bonds is 5. The van der Waals surface area contributed by atoms with Crippen molar-refractivity contribution >= 4 is 29.3 Å². The molecular formula is C22H22ClNO4. The molecule has 5 nitrogen and oxygen atoms in total. The SMILES string of the molecule is CC(=O)N1CCC(C(=O)OCC(=O)c2ccccc2Cl)(c2ccccc2)CC1. The molecule has 0 atom stereocenters. The number of benzene rings is 2. The molecule has 1 aliphatic heterocycles. The molecule has 28 heavy (non-hydrogen) atoms. The van der Waals surface area contributed by atoms with Gasteiger partial charge in [-0.25, -0.2) is 0 Å². The van der Waals surface area contributed by atoms with E-state index < -0.39 is 11.4 Å². The molecule has 2 aromatic rings. The van der Waals surface area contributed by atoms with Gasteiger partial charge in [-0.2, -0.15) is 0 Å². The predicted octanol–water partition coefficient (Wildman–Crippen LogP) is 3.65. The second kappa shape index (κ2) is 8.57. The number of nitrogens with zero attached hydrogens (tertiary/aromatic N) is 1. The van der Waals surface area contributed by atoms with Crippen LogP contribution >= 0.6 is 11.6 Å². The monoisotopic (exact) mass is 399 g/mol. The first-order valence-corrected chi connectivity index (χ1v) is 9.58. The predicted molar refractivity (Wildman–Crippen MR) is 106 cm³/mol. The summed E-state index contributed by atoms with van der Waals surface area (Å²) in [6.07, 6.45) is 0.908. The maximum atomic E-state index is 13.1. The van der Waals surface area contributed by atoms with Crippen molar-refractivity contribution in [3.8, 4) is 0 Å². The molecule has 1 saturated heterocycles. The van der Waals surface area contributed by atoms with E-state index in [0.717, 1.165) is 5.56 Å². The van der Waals surface area contributed by atoms with Crippen molar-refractivity contribution in [2.24, 2.45) is 0 Å². The quantitative estimate of drug-likeness (QED) is 0.568. The number of carbonyl (C=O) groups excluding carboxylic acids is 3. The van der Waals surface area contributed by atoms with E-state index in [4.69, 9.17) is 16.3 Å². The Morgan fingerprint density at radius 2 is 1.61 bits per heavy atom. The second-order valence-electron chi connectivity index (χ2n) is 6.93. The van der Waals surface area contributed by atoms with Gasteiger partial charge in [-0.05, 0) is 30.5 Å². The molecule has 6 heteroatoms. The molecule has 1 amide bonds. The number of likely N-dealkylation sites (tertiary alicyclic amines) is 1. The van der Waals surface area contributed by atoms with Crippen molar-refractivity contribution in [2.75, 3.05) is 19.7 Å². The highest BCUT2D eigenvalue weighted by Gasteiger charge is 2.44. The standard InChI is InChI=1S/C22H22ClNO4/c1-16(25)24-13-11-22(12-14-24,17-7-3-2-4-8-17)21(27)28-15-20(26)18-9-5-6-10-19(18)23/h2-10H,11-15H2,1H3. The summed E-state index contributed by atoms with van der Waals surface area (Å²) in [6.45, 7) is 2.10. The van der Waals surface area contributed by atoms with Gasteiger partial charge in [0, 0.05) is 25.6 Å². The lowest BCUT2D eigenvalue weighted by Crippen LogP contribution is -2.49. The molecule has 0 aromatic heterocycles. The van der Waals surface area contributed by atoms with Gasteiger partial charge in [-0.3, -0.25) is 14.4 Å². The van der Waals surface area contributed by atoms with Gasteiger partial charge < -0.3 is 9.64 Å². The number of piperidine rings is 1. The van der Waals surface area contributed by atoms with Crippen molar-refractivity contribution in [3.05, 3.63) is 70.7 Å². The molecule has 146 valence electrons. The number of Topliss-reactive ketones (excluding diaryl/α,β-unsaturated/α-hetero) is 1. The Kier molecular flexibility index (Phi) is 6.15. The van der Waals surface area contributed by atoms with E-state index in [9.17, 15) is 14.4 Å². The number of halogens is 1. The minimum Gasteiger partial charge on any atom is -0.457 e. The van der Waals surface area contributed by atoms with Crippen molar-refractivity contribution < 1.29 is 19.1 Å².